The zero-order chi connectivity index (χ0) is 7.40. The molecule has 0 aromatic rings. The van der Waals surface area contributed by atoms with E-state index in [4.69, 9.17) is 5.73 Å². The SMILES string of the molecule is CCC1CCCC(CN)C1. The quantitative estimate of drug-likeness (QED) is 0.626. The molecule has 0 bridgehead atoms. The van der Waals surface area contributed by atoms with Crippen molar-refractivity contribution in [2.24, 2.45) is 17.6 Å². The van der Waals surface area contributed by atoms with Crippen molar-refractivity contribution < 1.29 is 0 Å². The van der Waals surface area contributed by atoms with Crippen LogP contribution in [-0.2, 0) is 0 Å². The average Bonchev–Trinajstić information content (AvgIpc) is 2.05. The summed E-state index contributed by atoms with van der Waals surface area (Å²) in [6.45, 7) is 3.21. The summed E-state index contributed by atoms with van der Waals surface area (Å²) in [4.78, 5) is 0. The van der Waals surface area contributed by atoms with Crippen LogP contribution in [0.25, 0.3) is 0 Å². The van der Waals surface area contributed by atoms with Gasteiger partial charge in [-0.15, -0.1) is 0 Å². The van der Waals surface area contributed by atoms with E-state index >= 15 is 0 Å². The summed E-state index contributed by atoms with van der Waals surface area (Å²) in [5.74, 6) is 1.83. The molecule has 0 aromatic heterocycles. The molecule has 2 atom stereocenters. The molecular formula is C9H19N. The van der Waals surface area contributed by atoms with Crippen molar-refractivity contribution in [3.8, 4) is 0 Å². The molecule has 1 aliphatic rings. The highest BCUT2D eigenvalue weighted by Crippen LogP contribution is 2.29. The molecule has 1 rings (SSSR count). The van der Waals surface area contributed by atoms with Crippen molar-refractivity contribution >= 4 is 0 Å². The van der Waals surface area contributed by atoms with Gasteiger partial charge in [-0.1, -0.05) is 26.2 Å². The first kappa shape index (κ1) is 8.06. The fourth-order valence-electron chi connectivity index (χ4n) is 1.99. The Balaban J connectivity index is 2.25. The molecule has 1 fully saturated rings. The van der Waals surface area contributed by atoms with Gasteiger partial charge >= 0.3 is 0 Å². The number of rotatable bonds is 2. The molecule has 0 aromatic carbocycles. The first-order valence-corrected chi connectivity index (χ1v) is 4.56. The Morgan fingerprint density at radius 1 is 1.30 bits per heavy atom. The molecular weight excluding hydrogens is 122 g/mol. The largest absolute Gasteiger partial charge is 0.330 e. The fraction of sp³-hybridized carbons (Fsp3) is 1.00. The van der Waals surface area contributed by atoms with Crippen LogP contribution in [0.3, 0.4) is 0 Å². The average molecular weight is 141 g/mol. The Bertz CT molecular complexity index is 80.7. The van der Waals surface area contributed by atoms with Gasteiger partial charge in [0, 0.05) is 0 Å². The topological polar surface area (TPSA) is 26.0 Å². The third-order valence-electron chi connectivity index (χ3n) is 2.80. The van der Waals surface area contributed by atoms with Gasteiger partial charge in [0.25, 0.3) is 0 Å². The zero-order valence-corrected chi connectivity index (χ0v) is 6.97. The Morgan fingerprint density at radius 2 is 2.00 bits per heavy atom. The Kier molecular flexibility index (Phi) is 3.20. The molecule has 1 aliphatic carbocycles. The lowest BCUT2D eigenvalue weighted by molar-refractivity contribution is 0.266. The van der Waals surface area contributed by atoms with Crippen molar-refractivity contribution in [2.45, 2.75) is 39.0 Å². The lowest BCUT2D eigenvalue weighted by Crippen LogP contribution is -2.22. The zero-order valence-electron chi connectivity index (χ0n) is 6.97. The minimum absolute atomic E-state index is 0.846. The van der Waals surface area contributed by atoms with E-state index in [2.05, 4.69) is 6.92 Å². The summed E-state index contributed by atoms with van der Waals surface area (Å²) >= 11 is 0. The normalized spacial score (nSPS) is 34.2. The van der Waals surface area contributed by atoms with Crippen LogP contribution < -0.4 is 5.73 Å². The smallest absolute Gasteiger partial charge is 0.00488 e. The van der Waals surface area contributed by atoms with Gasteiger partial charge in [0.1, 0.15) is 0 Å². The molecule has 0 spiro atoms. The first-order chi connectivity index (χ1) is 4.86. The molecule has 0 aliphatic heterocycles. The van der Waals surface area contributed by atoms with Gasteiger partial charge in [-0.3, -0.25) is 0 Å². The lowest BCUT2D eigenvalue weighted by atomic mass is 9.80. The molecule has 0 amide bonds. The summed E-state index contributed by atoms with van der Waals surface area (Å²) < 4.78 is 0. The molecule has 1 heteroatoms. The summed E-state index contributed by atoms with van der Waals surface area (Å²) in [5, 5.41) is 0. The summed E-state index contributed by atoms with van der Waals surface area (Å²) in [7, 11) is 0. The third-order valence-corrected chi connectivity index (χ3v) is 2.80. The first-order valence-electron chi connectivity index (χ1n) is 4.56. The van der Waals surface area contributed by atoms with Crippen molar-refractivity contribution in [3.05, 3.63) is 0 Å². The van der Waals surface area contributed by atoms with Crippen LogP contribution in [0.4, 0.5) is 0 Å². The van der Waals surface area contributed by atoms with E-state index in [1.807, 2.05) is 0 Å². The fourth-order valence-corrected chi connectivity index (χ4v) is 1.99. The van der Waals surface area contributed by atoms with Crippen LogP contribution in [0, 0.1) is 11.8 Å². The van der Waals surface area contributed by atoms with E-state index in [0.29, 0.717) is 0 Å². The maximum Gasteiger partial charge on any atom is -0.00488 e. The van der Waals surface area contributed by atoms with Gasteiger partial charge in [-0.25, -0.2) is 0 Å². The van der Waals surface area contributed by atoms with Crippen LogP contribution in [0.15, 0.2) is 0 Å². The van der Waals surface area contributed by atoms with E-state index in [0.717, 1.165) is 18.4 Å². The predicted octanol–water partition coefficient (Wildman–Crippen LogP) is 2.16. The highest BCUT2D eigenvalue weighted by molar-refractivity contribution is 4.72. The lowest BCUT2D eigenvalue weighted by Gasteiger charge is -2.27. The number of nitrogens with two attached hydrogens (primary N) is 1. The highest BCUT2D eigenvalue weighted by Gasteiger charge is 2.18. The molecule has 60 valence electrons. The van der Waals surface area contributed by atoms with Crippen molar-refractivity contribution in [1.82, 2.24) is 0 Å². The molecule has 1 saturated carbocycles. The Labute approximate surface area is 64.0 Å². The Morgan fingerprint density at radius 3 is 2.60 bits per heavy atom. The second-order valence-electron chi connectivity index (χ2n) is 3.54. The number of hydrogen-bond acceptors (Lipinski definition) is 1. The van der Waals surface area contributed by atoms with Gasteiger partial charge in [0.05, 0.1) is 0 Å². The van der Waals surface area contributed by atoms with Crippen LogP contribution in [0.1, 0.15) is 39.0 Å². The molecule has 10 heavy (non-hydrogen) atoms. The van der Waals surface area contributed by atoms with Crippen LogP contribution in [-0.4, -0.2) is 6.54 Å². The summed E-state index contributed by atoms with van der Waals surface area (Å²) in [6, 6.07) is 0. The summed E-state index contributed by atoms with van der Waals surface area (Å²) in [5.41, 5.74) is 5.62. The maximum atomic E-state index is 5.62. The molecule has 1 nitrogen and oxygen atoms in total. The second kappa shape index (κ2) is 3.97. The van der Waals surface area contributed by atoms with Gasteiger partial charge < -0.3 is 5.73 Å². The molecule has 2 unspecified atom stereocenters. The Hall–Kier alpha value is -0.0400. The summed E-state index contributed by atoms with van der Waals surface area (Å²) in [6.07, 6.45) is 7.00. The van der Waals surface area contributed by atoms with Gasteiger partial charge in [-0.2, -0.15) is 0 Å². The van der Waals surface area contributed by atoms with Crippen LogP contribution in [0.2, 0.25) is 0 Å². The van der Waals surface area contributed by atoms with Crippen molar-refractivity contribution in [2.75, 3.05) is 6.54 Å². The van der Waals surface area contributed by atoms with Crippen molar-refractivity contribution in [3.63, 3.8) is 0 Å². The van der Waals surface area contributed by atoms with E-state index < -0.39 is 0 Å². The van der Waals surface area contributed by atoms with E-state index in [1.165, 1.54) is 32.1 Å². The predicted molar refractivity (Wildman–Crippen MR) is 44.8 cm³/mol. The monoisotopic (exact) mass is 141 g/mol. The van der Waals surface area contributed by atoms with E-state index in [-0.39, 0.29) is 0 Å². The highest BCUT2D eigenvalue weighted by atomic mass is 14.5. The third kappa shape index (κ3) is 1.98. The second-order valence-corrected chi connectivity index (χ2v) is 3.54. The molecule has 0 radical (unpaired) electrons. The maximum absolute atomic E-state index is 5.62. The van der Waals surface area contributed by atoms with E-state index in [1.54, 1.807) is 0 Å². The molecule has 0 saturated heterocycles. The van der Waals surface area contributed by atoms with Gasteiger partial charge in [0.15, 0.2) is 0 Å². The molecule has 0 heterocycles. The molecule has 2 N–H and O–H groups in total. The van der Waals surface area contributed by atoms with E-state index in [9.17, 15) is 0 Å². The van der Waals surface area contributed by atoms with Gasteiger partial charge in [-0.05, 0) is 31.2 Å². The minimum Gasteiger partial charge on any atom is -0.330 e. The van der Waals surface area contributed by atoms with Crippen molar-refractivity contribution in [1.29, 1.82) is 0 Å². The number of hydrogen-bond donors (Lipinski definition) is 1. The minimum atomic E-state index is 0.846. The van der Waals surface area contributed by atoms with Crippen LogP contribution >= 0.6 is 0 Å². The standard InChI is InChI=1S/C9H19N/c1-2-8-4-3-5-9(6-8)7-10/h8-9H,2-7,10H2,1H3. The van der Waals surface area contributed by atoms with Crippen LogP contribution in [0.5, 0.6) is 0 Å². The van der Waals surface area contributed by atoms with Gasteiger partial charge in [0.2, 0.25) is 0 Å².